The lowest BCUT2D eigenvalue weighted by Crippen LogP contribution is -2.32. The first kappa shape index (κ1) is 15.5. The van der Waals surface area contributed by atoms with Crippen LogP contribution in [0.5, 0.6) is 0 Å². The number of hydrogen-bond acceptors (Lipinski definition) is 3. The maximum Gasteiger partial charge on any atom is 0.345 e. The normalized spacial score (nSPS) is 12.5. The molecule has 0 fully saturated rings. The maximum absolute atomic E-state index is 11.9. The van der Waals surface area contributed by atoms with Gasteiger partial charge in [-0.05, 0) is 30.5 Å². The van der Waals surface area contributed by atoms with E-state index in [2.05, 4.69) is 48.5 Å². The number of aromatic nitrogens is 3. The molecule has 1 aromatic carbocycles. The summed E-state index contributed by atoms with van der Waals surface area (Å²) >= 11 is 0. The molecule has 0 spiro atoms. The van der Waals surface area contributed by atoms with Crippen molar-refractivity contribution in [3.63, 3.8) is 0 Å². The molecule has 21 heavy (non-hydrogen) atoms. The zero-order chi connectivity index (χ0) is 15.2. The van der Waals surface area contributed by atoms with Gasteiger partial charge in [-0.3, -0.25) is 4.57 Å². The van der Waals surface area contributed by atoms with Crippen LogP contribution in [0.15, 0.2) is 35.4 Å². The fraction of sp³-hybridized carbons (Fsp3) is 0.500. The second-order valence-corrected chi connectivity index (χ2v) is 5.31. The third-order valence-electron chi connectivity index (χ3n) is 3.67. The summed E-state index contributed by atoms with van der Waals surface area (Å²) in [5.74, 6) is 0. The van der Waals surface area contributed by atoms with Crippen molar-refractivity contribution in [2.24, 2.45) is 7.05 Å². The standard InChI is InChI=1S/C16H24N4O/c1-4-10-17-15(11-20-16(21)19(3)12-18-20)14-8-6-13(5-2)7-9-14/h6-9,12,15,17H,4-5,10-11H2,1-3H3. The second kappa shape index (κ2) is 7.22. The number of aryl methyl sites for hydroxylation is 2. The Morgan fingerprint density at radius 1 is 1.24 bits per heavy atom. The highest BCUT2D eigenvalue weighted by atomic mass is 16.2. The molecule has 0 aliphatic rings. The van der Waals surface area contributed by atoms with Gasteiger partial charge < -0.3 is 5.32 Å². The molecule has 1 unspecified atom stereocenters. The first-order chi connectivity index (χ1) is 10.2. The Bertz CT molecular complexity index is 612. The number of hydrogen-bond donors (Lipinski definition) is 1. The molecule has 0 saturated heterocycles. The molecule has 5 heteroatoms. The molecule has 2 rings (SSSR count). The Labute approximate surface area is 125 Å². The van der Waals surface area contributed by atoms with E-state index in [4.69, 9.17) is 0 Å². The van der Waals surface area contributed by atoms with E-state index in [0.717, 1.165) is 19.4 Å². The summed E-state index contributed by atoms with van der Waals surface area (Å²) in [6, 6.07) is 8.68. The maximum atomic E-state index is 11.9. The predicted octanol–water partition coefficient (Wildman–Crippen LogP) is 1.89. The highest BCUT2D eigenvalue weighted by Gasteiger charge is 2.14. The first-order valence-corrected chi connectivity index (χ1v) is 7.56. The third kappa shape index (κ3) is 3.82. The molecule has 1 atom stereocenters. The van der Waals surface area contributed by atoms with Gasteiger partial charge in [0, 0.05) is 7.05 Å². The van der Waals surface area contributed by atoms with Gasteiger partial charge in [-0.2, -0.15) is 5.10 Å². The molecule has 0 amide bonds. The molecule has 0 saturated carbocycles. The Balaban J connectivity index is 2.20. The minimum atomic E-state index is -0.0801. The van der Waals surface area contributed by atoms with Crippen LogP contribution in [0.3, 0.4) is 0 Å². The SMILES string of the molecule is CCCNC(Cn1ncn(C)c1=O)c1ccc(CC)cc1. The summed E-state index contributed by atoms with van der Waals surface area (Å²) in [6.45, 7) is 5.75. The largest absolute Gasteiger partial charge is 0.345 e. The van der Waals surface area contributed by atoms with E-state index in [1.165, 1.54) is 20.4 Å². The Hall–Kier alpha value is -1.88. The molecule has 1 N–H and O–H groups in total. The molecular weight excluding hydrogens is 264 g/mol. The van der Waals surface area contributed by atoms with Gasteiger partial charge in [0.15, 0.2) is 0 Å². The van der Waals surface area contributed by atoms with Gasteiger partial charge in [0.25, 0.3) is 0 Å². The van der Waals surface area contributed by atoms with Crippen LogP contribution in [0, 0.1) is 0 Å². The van der Waals surface area contributed by atoms with Crippen molar-refractivity contribution in [2.45, 2.75) is 39.3 Å². The van der Waals surface area contributed by atoms with Gasteiger partial charge in [0.2, 0.25) is 0 Å². The van der Waals surface area contributed by atoms with Crippen molar-refractivity contribution in [2.75, 3.05) is 6.54 Å². The lowest BCUT2D eigenvalue weighted by atomic mass is 10.0. The molecule has 5 nitrogen and oxygen atoms in total. The van der Waals surface area contributed by atoms with E-state index in [1.54, 1.807) is 13.4 Å². The molecule has 0 aliphatic heterocycles. The van der Waals surface area contributed by atoms with Gasteiger partial charge in [0.05, 0.1) is 12.6 Å². The average molecular weight is 288 g/mol. The predicted molar refractivity (Wildman–Crippen MR) is 84.3 cm³/mol. The smallest absolute Gasteiger partial charge is 0.308 e. The van der Waals surface area contributed by atoms with Crippen molar-refractivity contribution in [3.05, 3.63) is 52.2 Å². The number of rotatable bonds is 7. The van der Waals surface area contributed by atoms with Crippen LogP contribution in [0.1, 0.15) is 37.4 Å². The van der Waals surface area contributed by atoms with Crippen LogP contribution < -0.4 is 11.0 Å². The van der Waals surface area contributed by atoms with Gasteiger partial charge in [-0.25, -0.2) is 9.48 Å². The zero-order valence-corrected chi connectivity index (χ0v) is 13.0. The number of benzene rings is 1. The van der Waals surface area contributed by atoms with Crippen LogP contribution in [-0.4, -0.2) is 20.9 Å². The van der Waals surface area contributed by atoms with Gasteiger partial charge in [0.1, 0.15) is 6.33 Å². The third-order valence-corrected chi connectivity index (χ3v) is 3.67. The number of nitrogens with one attached hydrogen (secondary N) is 1. The lowest BCUT2D eigenvalue weighted by molar-refractivity contribution is 0.429. The van der Waals surface area contributed by atoms with Crippen LogP contribution in [-0.2, 0) is 20.0 Å². The van der Waals surface area contributed by atoms with Crippen LogP contribution in [0.25, 0.3) is 0 Å². The van der Waals surface area contributed by atoms with Crippen molar-refractivity contribution in [3.8, 4) is 0 Å². The fourth-order valence-electron chi connectivity index (χ4n) is 2.31. The minimum absolute atomic E-state index is 0.0801. The van der Waals surface area contributed by atoms with Crippen LogP contribution in [0.4, 0.5) is 0 Å². The van der Waals surface area contributed by atoms with E-state index in [0.29, 0.717) is 6.54 Å². The highest BCUT2D eigenvalue weighted by molar-refractivity contribution is 5.25. The van der Waals surface area contributed by atoms with E-state index in [-0.39, 0.29) is 11.7 Å². The van der Waals surface area contributed by atoms with E-state index in [9.17, 15) is 4.79 Å². The Morgan fingerprint density at radius 3 is 2.48 bits per heavy atom. The summed E-state index contributed by atoms with van der Waals surface area (Å²) in [4.78, 5) is 11.9. The first-order valence-electron chi connectivity index (χ1n) is 7.56. The summed E-state index contributed by atoms with van der Waals surface area (Å²) in [5.41, 5.74) is 2.43. The average Bonchev–Trinajstić information content (AvgIpc) is 2.83. The molecule has 2 aromatic rings. The lowest BCUT2D eigenvalue weighted by Gasteiger charge is -2.19. The number of nitrogens with zero attached hydrogens (tertiary/aromatic N) is 3. The topological polar surface area (TPSA) is 51.9 Å². The fourth-order valence-corrected chi connectivity index (χ4v) is 2.31. The quantitative estimate of drug-likeness (QED) is 0.846. The van der Waals surface area contributed by atoms with Crippen LogP contribution in [0.2, 0.25) is 0 Å². The molecule has 0 aliphatic carbocycles. The van der Waals surface area contributed by atoms with Crippen LogP contribution >= 0.6 is 0 Å². The van der Waals surface area contributed by atoms with E-state index >= 15 is 0 Å². The summed E-state index contributed by atoms with van der Waals surface area (Å²) < 4.78 is 3.01. The van der Waals surface area contributed by atoms with E-state index in [1.807, 2.05) is 0 Å². The van der Waals surface area contributed by atoms with Gasteiger partial charge in [-0.15, -0.1) is 0 Å². The Kier molecular flexibility index (Phi) is 5.33. The molecule has 1 heterocycles. The summed E-state index contributed by atoms with van der Waals surface area (Å²) in [6.07, 6.45) is 3.65. The zero-order valence-electron chi connectivity index (χ0n) is 13.0. The van der Waals surface area contributed by atoms with Gasteiger partial charge in [-0.1, -0.05) is 38.1 Å². The molecule has 114 valence electrons. The summed E-state index contributed by atoms with van der Waals surface area (Å²) in [7, 11) is 1.72. The molecular formula is C16H24N4O. The summed E-state index contributed by atoms with van der Waals surface area (Å²) in [5, 5.41) is 7.65. The molecule has 0 radical (unpaired) electrons. The van der Waals surface area contributed by atoms with Crippen molar-refractivity contribution in [1.29, 1.82) is 0 Å². The second-order valence-electron chi connectivity index (χ2n) is 5.31. The van der Waals surface area contributed by atoms with Crippen molar-refractivity contribution in [1.82, 2.24) is 19.7 Å². The monoisotopic (exact) mass is 288 g/mol. The molecule has 1 aromatic heterocycles. The Morgan fingerprint density at radius 2 is 1.95 bits per heavy atom. The van der Waals surface area contributed by atoms with Gasteiger partial charge >= 0.3 is 5.69 Å². The van der Waals surface area contributed by atoms with Crippen molar-refractivity contribution < 1.29 is 0 Å². The van der Waals surface area contributed by atoms with E-state index < -0.39 is 0 Å². The highest BCUT2D eigenvalue weighted by Crippen LogP contribution is 2.16. The minimum Gasteiger partial charge on any atom is -0.308 e. The van der Waals surface area contributed by atoms with Crippen molar-refractivity contribution >= 4 is 0 Å². The molecule has 0 bridgehead atoms.